The van der Waals surface area contributed by atoms with Gasteiger partial charge in [-0.15, -0.1) is 0 Å². The van der Waals surface area contributed by atoms with E-state index in [-0.39, 0.29) is 5.41 Å². The number of benzene rings is 2. The van der Waals surface area contributed by atoms with Crippen LogP contribution in [0.15, 0.2) is 46.3 Å². The van der Waals surface area contributed by atoms with E-state index in [2.05, 4.69) is 89.3 Å². The first kappa shape index (κ1) is 21.3. The van der Waals surface area contributed by atoms with Crippen molar-refractivity contribution in [3.8, 4) is 6.07 Å². The molecule has 0 unspecified atom stereocenters. The van der Waals surface area contributed by atoms with Crippen LogP contribution >= 0.6 is 27.9 Å². The Morgan fingerprint density at radius 1 is 1.27 bits per heavy atom. The van der Waals surface area contributed by atoms with Crippen LogP contribution in [0.25, 0.3) is 5.70 Å². The van der Waals surface area contributed by atoms with Gasteiger partial charge in [0.25, 0.3) is 0 Å². The van der Waals surface area contributed by atoms with E-state index in [1.165, 1.54) is 16.0 Å². The quantitative estimate of drug-likeness (QED) is 0.448. The third-order valence-electron chi connectivity index (χ3n) is 6.56. The van der Waals surface area contributed by atoms with Gasteiger partial charge in [0.1, 0.15) is 0 Å². The summed E-state index contributed by atoms with van der Waals surface area (Å²) in [6, 6.07) is 13.3. The lowest BCUT2D eigenvalue weighted by Gasteiger charge is -2.42. The summed E-state index contributed by atoms with van der Waals surface area (Å²) in [4.78, 5) is 3.54. The fraction of sp³-hybridized carbons (Fsp3) is 0.400. The molecule has 1 aliphatic heterocycles. The molecule has 156 valence electrons. The smallest absolute Gasteiger partial charge is 0.0823 e. The van der Waals surface area contributed by atoms with Crippen molar-refractivity contribution in [3.05, 3.63) is 63.6 Å². The second-order valence-corrected chi connectivity index (χ2v) is 10.6. The minimum atomic E-state index is -0.349. The fourth-order valence-corrected chi connectivity index (χ4v) is 5.63. The summed E-state index contributed by atoms with van der Waals surface area (Å²) < 4.78 is 4.66. The van der Waals surface area contributed by atoms with Gasteiger partial charge in [0.2, 0.25) is 0 Å². The van der Waals surface area contributed by atoms with Crippen molar-refractivity contribution >= 4 is 39.3 Å². The summed E-state index contributed by atoms with van der Waals surface area (Å²) in [5.41, 5.74) is 6.51. The zero-order chi connectivity index (χ0) is 21.5. The third-order valence-corrected chi connectivity index (χ3v) is 8.03. The number of anilines is 1. The number of likely N-dealkylation sites (tertiary alicyclic amines) is 1. The molecule has 30 heavy (non-hydrogen) atoms. The fourth-order valence-electron chi connectivity index (χ4n) is 4.28. The summed E-state index contributed by atoms with van der Waals surface area (Å²) in [5.74, 6) is 0.718. The first-order valence-electron chi connectivity index (χ1n) is 10.5. The van der Waals surface area contributed by atoms with Crippen molar-refractivity contribution in [2.75, 3.05) is 17.8 Å². The Labute approximate surface area is 192 Å². The highest BCUT2D eigenvalue weighted by Crippen LogP contribution is 2.46. The molecule has 1 N–H and O–H groups in total. The molecule has 2 aliphatic rings. The van der Waals surface area contributed by atoms with Crippen molar-refractivity contribution < 1.29 is 0 Å². The average molecular weight is 482 g/mol. The van der Waals surface area contributed by atoms with E-state index in [0.717, 1.165) is 65.3 Å². The van der Waals surface area contributed by atoms with Gasteiger partial charge < -0.3 is 9.62 Å². The molecule has 5 heteroatoms. The van der Waals surface area contributed by atoms with E-state index < -0.39 is 0 Å². The van der Waals surface area contributed by atoms with E-state index in [4.69, 9.17) is 0 Å². The standard InChI is InChI=1S/C25H28BrN3S/c1-16-13-29(14-16)19(4)22-10-20(25(15-27)8-5-9-25)11-23(18(22)3)28-30-24-12-21(26)7-6-17(24)2/h6-7,10-12,16,28H,4-5,8-9,13-14H2,1-3H3. The zero-order valence-electron chi connectivity index (χ0n) is 17.9. The van der Waals surface area contributed by atoms with Crippen LogP contribution in [0, 0.1) is 31.1 Å². The first-order chi connectivity index (χ1) is 14.3. The predicted octanol–water partition coefficient (Wildman–Crippen LogP) is 7.05. The molecule has 2 aromatic carbocycles. The lowest BCUT2D eigenvalue weighted by atomic mass is 9.65. The number of aryl methyl sites for hydroxylation is 1. The third kappa shape index (κ3) is 3.88. The van der Waals surface area contributed by atoms with E-state index in [1.54, 1.807) is 11.9 Å². The van der Waals surface area contributed by atoms with Crippen LogP contribution in [0.1, 0.15) is 48.4 Å². The average Bonchev–Trinajstić information content (AvgIpc) is 2.67. The molecule has 0 atom stereocenters. The van der Waals surface area contributed by atoms with Gasteiger partial charge in [0.15, 0.2) is 0 Å². The number of nitrogens with one attached hydrogen (secondary N) is 1. The molecule has 4 rings (SSSR count). The summed E-state index contributed by atoms with van der Waals surface area (Å²) in [5, 5.41) is 9.94. The van der Waals surface area contributed by atoms with E-state index in [9.17, 15) is 5.26 Å². The van der Waals surface area contributed by atoms with Crippen molar-refractivity contribution in [2.45, 2.75) is 50.3 Å². The topological polar surface area (TPSA) is 39.1 Å². The molecule has 3 nitrogen and oxygen atoms in total. The molecular weight excluding hydrogens is 454 g/mol. The van der Waals surface area contributed by atoms with Crippen molar-refractivity contribution in [1.29, 1.82) is 5.26 Å². The second-order valence-electron chi connectivity index (χ2n) is 8.81. The molecule has 1 heterocycles. The molecular formula is C25H28BrN3S. The number of hydrogen-bond donors (Lipinski definition) is 1. The van der Waals surface area contributed by atoms with Crippen LogP contribution in [0.2, 0.25) is 0 Å². The maximum atomic E-state index is 9.94. The maximum absolute atomic E-state index is 9.94. The van der Waals surface area contributed by atoms with Crippen LogP contribution in [0.5, 0.6) is 0 Å². The molecule has 0 radical (unpaired) electrons. The van der Waals surface area contributed by atoms with Crippen LogP contribution in [0.3, 0.4) is 0 Å². The summed E-state index contributed by atoms with van der Waals surface area (Å²) >= 11 is 5.20. The van der Waals surface area contributed by atoms with Gasteiger partial charge in [-0.3, -0.25) is 0 Å². The molecule has 0 bridgehead atoms. The highest BCUT2D eigenvalue weighted by atomic mass is 79.9. The Bertz CT molecular complexity index is 1030. The van der Waals surface area contributed by atoms with Gasteiger partial charge in [0, 0.05) is 39.4 Å². The first-order valence-corrected chi connectivity index (χ1v) is 12.1. The Kier molecular flexibility index (Phi) is 5.92. The highest BCUT2D eigenvalue weighted by Gasteiger charge is 2.40. The predicted molar refractivity (Wildman–Crippen MR) is 130 cm³/mol. The zero-order valence-corrected chi connectivity index (χ0v) is 20.3. The highest BCUT2D eigenvalue weighted by molar-refractivity contribution is 9.10. The van der Waals surface area contributed by atoms with Crippen molar-refractivity contribution in [2.24, 2.45) is 5.92 Å². The Morgan fingerprint density at radius 3 is 2.60 bits per heavy atom. The number of halogens is 1. The maximum Gasteiger partial charge on any atom is 0.0823 e. The lowest BCUT2D eigenvalue weighted by molar-refractivity contribution is 0.191. The Morgan fingerprint density at radius 2 is 2.00 bits per heavy atom. The summed E-state index contributed by atoms with van der Waals surface area (Å²) in [6.07, 6.45) is 3.00. The number of nitriles is 1. The van der Waals surface area contributed by atoms with Crippen molar-refractivity contribution in [3.63, 3.8) is 0 Å². The number of hydrogen-bond acceptors (Lipinski definition) is 4. The molecule has 0 aromatic heterocycles. The van der Waals surface area contributed by atoms with Crippen LogP contribution in [-0.2, 0) is 5.41 Å². The second kappa shape index (κ2) is 8.32. The van der Waals surface area contributed by atoms with Gasteiger partial charge in [-0.05, 0) is 91.9 Å². The van der Waals surface area contributed by atoms with Crippen LogP contribution < -0.4 is 4.72 Å². The van der Waals surface area contributed by atoms with Gasteiger partial charge in [0.05, 0.1) is 11.5 Å². The molecule has 0 spiro atoms. The van der Waals surface area contributed by atoms with Gasteiger partial charge in [-0.1, -0.05) is 35.5 Å². The SMILES string of the molecule is C=C(c1cc(C2(C#N)CCC2)cc(NSc2cc(Br)ccc2C)c1C)N1CC(C)C1. The molecule has 2 aromatic rings. The summed E-state index contributed by atoms with van der Waals surface area (Å²) in [7, 11) is 0. The molecule has 1 saturated carbocycles. The molecule has 2 fully saturated rings. The molecule has 0 amide bonds. The van der Waals surface area contributed by atoms with Gasteiger partial charge in [-0.2, -0.15) is 5.26 Å². The molecule has 1 aliphatic carbocycles. The van der Waals surface area contributed by atoms with Gasteiger partial charge >= 0.3 is 0 Å². The minimum Gasteiger partial charge on any atom is -0.371 e. The number of rotatable bonds is 6. The van der Waals surface area contributed by atoms with E-state index in [1.807, 2.05) is 0 Å². The summed E-state index contributed by atoms with van der Waals surface area (Å²) in [6.45, 7) is 13.1. The van der Waals surface area contributed by atoms with Crippen LogP contribution in [-0.4, -0.2) is 18.0 Å². The lowest BCUT2D eigenvalue weighted by Crippen LogP contribution is -2.43. The largest absolute Gasteiger partial charge is 0.371 e. The number of nitrogens with zero attached hydrogens (tertiary/aromatic N) is 2. The normalized spacial score (nSPS) is 17.6. The Balaban J connectivity index is 1.69. The van der Waals surface area contributed by atoms with E-state index in [0.29, 0.717) is 0 Å². The monoisotopic (exact) mass is 481 g/mol. The minimum absolute atomic E-state index is 0.349. The molecule has 1 saturated heterocycles. The van der Waals surface area contributed by atoms with Gasteiger partial charge in [-0.25, -0.2) is 0 Å². The van der Waals surface area contributed by atoms with E-state index >= 15 is 0 Å². The van der Waals surface area contributed by atoms with Crippen molar-refractivity contribution in [1.82, 2.24) is 4.90 Å². The Hall–Kier alpha value is -1.90. The van der Waals surface area contributed by atoms with Crippen LogP contribution in [0.4, 0.5) is 5.69 Å².